The summed E-state index contributed by atoms with van der Waals surface area (Å²) in [6.45, 7) is 10.1. The fourth-order valence-corrected chi connectivity index (χ4v) is 2.41. The van der Waals surface area contributed by atoms with Crippen molar-refractivity contribution in [3.8, 4) is 0 Å². The van der Waals surface area contributed by atoms with Crippen molar-refractivity contribution in [2.24, 2.45) is 0 Å². The highest BCUT2D eigenvalue weighted by molar-refractivity contribution is 7.80. The van der Waals surface area contributed by atoms with E-state index in [-0.39, 0.29) is 0 Å². The summed E-state index contributed by atoms with van der Waals surface area (Å²) in [5.41, 5.74) is 0. The molecule has 0 atom stereocenters. The third kappa shape index (κ3) is 4.27. The van der Waals surface area contributed by atoms with E-state index in [1.165, 1.54) is 15.0 Å². The molecule has 0 nitrogen and oxygen atoms in total. The highest BCUT2D eigenvalue weighted by atomic mass is 32.1. The van der Waals surface area contributed by atoms with Crippen LogP contribution in [-0.4, -0.2) is 0 Å². The predicted molar refractivity (Wildman–Crippen MR) is 76.5 cm³/mol. The third-order valence-corrected chi connectivity index (χ3v) is 2.92. The minimum absolute atomic E-state index is 1.04. The first kappa shape index (κ1) is 14.5. The molecule has 0 amide bonds. The normalized spacial score (nSPS) is 8.67. The Morgan fingerprint density at radius 2 is 1.60 bits per heavy atom. The molecular formula is C13H20S2. The first-order valence-electron chi connectivity index (χ1n) is 5.45. The minimum Gasteiger partial charge on any atom is -0.143 e. The molecule has 0 unspecified atom stereocenters. The Bertz CT molecular complexity index is 388. The van der Waals surface area contributed by atoms with Gasteiger partial charge in [-0.05, 0) is 30.5 Å². The molecule has 0 saturated carbocycles. The average Bonchev–Trinajstić information content (AvgIpc) is 2.63. The number of fused-ring (bicyclic) bond motifs is 1. The van der Waals surface area contributed by atoms with Gasteiger partial charge in [-0.2, -0.15) is 0 Å². The number of benzene rings is 1. The van der Waals surface area contributed by atoms with Crippen LogP contribution in [0, 0.1) is 6.92 Å². The summed E-state index contributed by atoms with van der Waals surface area (Å²) in [4.78, 5) is 2.40. The van der Waals surface area contributed by atoms with Gasteiger partial charge >= 0.3 is 0 Å². The van der Waals surface area contributed by atoms with E-state index in [1.807, 2.05) is 45.1 Å². The molecule has 1 aromatic carbocycles. The maximum atomic E-state index is 4.28. The molecule has 2 heteroatoms. The molecule has 0 fully saturated rings. The van der Waals surface area contributed by atoms with E-state index in [0.717, 1.165) is 4.90 Å². The summed E-state index contributed by atoms with van der Waals surface area (Å²) in [5.74, 6) is 0. The second-order valence-corrected chi connectivity index (χ2v) is 4.38. The van der Waals surface area contributed by atoms with Gasteiger partial charge in [0.2, 0.25) is 0 Å². The smallest absolute Gasteiger partial charge is 0.0356 e. The zero-order chi connectivity index (χ0) is 11.8. The maximum Gasteiger partial charge on any atom is 0.0356 e. The van der Waals surface area contributed by atoms with Crippen LogP contribution >= 0.6 is 24.0 Å². The van der Waals surface area contributed by atoms with E-state index in [1.54, 1.807) is 0 Å². The summed E-state index contributed by atoms with van der Waals surface area (Å²) < 4.78 is 1.33. The second-order valence-electron chi connectivity index (χ2n) is 2.58. The van der Waals surface area contributed by atoms with Gasteiger partial charge in [0.05, 0.1) is 0 Å². The van der Waals surface area contributed by atoms with Crippen molar-refractivity contribution in [2.45, 2.75) is 39.5 Å². The number of aryl methyl sites for hydroxylation is 1. The van der Waals surface area contributed by atoms with Crippen molar-refractivity contribution >= 4 is 34.1 Å². The van der Waals surface area contributed by atoms with Gasteiger partial charge in [0.25, 0.3) is 0 Å². The van der Waals surface area contributed by atoms with Crippen molar-refractivity contribution in [3.05, 3.63) is 29.1 Å². The molecular weight excluding hydrogens is 220 g/mol. The van der Waals surface area contributed by atoms with Gasteiger partial charge in [-0.3, -0.25) is 0 Å². The van der Waals surface area contributed by atoms with Crippen LogP contribution in [0.5, 0.6) is 0 Å². The largest absolute Gasteiger partial charge is 0.143 e. The van der Waals surface area contributed by atoms with E-state index >= 15 is 0 Å². The van der Waals surface area contributed by atoms with E-state index in [0.29, 0.717) is 0 Å². The van der Waals surface area contributed by atoms with Crippen molar-refractivity contribution in [3.63, 3.8) is 0 Å². The molecule has 0 N–H and O–H groups in total. The molecule has 0 spiro atoms. The quantitative estimate of drug-likeness (QED) is 0.573. The average molecular weight is 240 g/mol. The number of thiol groups is 1. The van der Waals surface area contributed by atoms with Gasteiger partial charge in [0.15, 0.2) is 0 Å². The molecule has 0 aliphatic rings. The lowest BCUT2D eigenvalue weighted by molar-refractivity contribution is 1.50. The van der Waals surface area contributed by atoms with Crippen molar-refractivity contribution < 1.29 is 0 Å². The van der Waals surface area contributed by atoms with E-state index < -0.39 is 0 Å². The molecule has 0 saturated heterocycles. The van der Waals surface area contributed by atoms with Crippen LogP contribution < -0.4 is 0 Å². The van der Waals surface area contributed by atoms with E-state index in [2.05, 4.69) is 37.8 Å². The van der Waals surface area contributed by atoms with Crippen molar-refractivity contribution in [1.29, 1.82) is 0 Å². The number of hydrogen-bond donors (Lipinski definition) is 1. The summed E-state index contributed by atoms with van der Waals surface area (Å²) in [6.07, 6.45) is 0. The summed E-state index contributed by atoms with van der Waals surface area (Å²) >= 11 is 6.09. The minimum atomic E-state index is 1.04. The molecule has 84 valence electrons. The molecule has 2 rings (SSSR count). The lowest BCUT2D eigenvalue weighted by atomic mass is 10.2. The summed E-state index contributed by atoms with van der Waals surface area (Å²) in [7, 11) is 0. The molecule has 1 heterocycles. The predicted octanol–water partition coefficient (Wildman–Crippen LogP) is 5.55. The fourth-order valence-electron chi connectivity index (χ4n) is 1.15. The lowest BCUT2D eigenvalue weighted by Gasteiger charge is -1.89. The first-order chi connectivity index (χ1) is 7.25. The second kappa shape index (κ2) is 7.77. The molecule has 0 radical (unpaired) electrons. The Balaban J connectivity index is 0.000000442. The van der Waals surface area contributed by atoms with Crippen LogP contribution in [0.1, 0.15) is 32.6 Å². The topological polar surface area (TPSA) is 0 Å². The highest BCUT2D eigenvalue weighted by Gasteiger charge is 1.96. The van der Waals surface area contributed by atoms with Gasteiger partial charge in [0.1, 0.15) is 0 Å². The fraction of sp³-hybridized carbons (Fsp3) is 0.385. The highest BCUT2D eigenvalue weighted by Crippen LogP contribution is 2.26. The van der Waals surface area contributed by atoms with Crippen LogP contribution in [0.4, 0.5) is 0 Å². The molecule has 0 aliphatic carbocycles. The van der Waals surface area contributed by atoms with Gasteiger partial charge in [-0.1, -0.05) is 33.8 Å². The van der Waals surface area contributed by atoms with Crippen LogP contribution in [0.2, 0.25) is 0 Å². The third-order valence-electron chi connectivity index (χ3n) is 1.63. The lowest BCUT2D eigenvalue weighted by Crippen LogP contribution is -1.62. The van der Waals surface area contributed by atoms with Crippen molar-refractivity contribution in [1.82, 2.24) is 0 Å². The Labute approximate surface area is 103 Å². The van der Waals surface area contributed by atoms with Crippen molar-refractivity contribution in [2.75, 3.05) is 0 Å². The zero-order valence-electron chi connectivity index (χ0n) is 10.2. The molecule has 15 heavy (non-hydrogen) atoms. The van der Waals surface area contributed by atoms with Crippen LogP contribution in [0.25, 0.3) is 10.1 Å². The number of thiophene rings is 1. The molecule has 0 bridgehead atoms. The van der Waals surface area contributed by atoms with Gasteiger partial charge < -0.3 is 0 Å². The Morgan fingerprint density at radius 1 is 1.00 bits per heavy atom. The summed E-state index contributed by atoms with van der Waals surface area (Å²) in [6, 6.07) is 8.45. The molecule has 1 aromatic heterocycles. The Morgan fingerprint density at radius 3 is 2.20 bits per heavy atom. The molecule has 0 aliphatic heterocycles. The monoisotopic (exact) mass is 240 g/mol. The zero-order valence-corrected chi connectivity index (χ0v) is 11.9. The van der Waals surface area contributed by atoms with Crippen LogP contribution in [0.15, 0.2) is 29.2 Å². The van der Waals surface area contributed by atoms with Gasteiger partial charge in [-0.15, -0.1) is 24.0 Å². The number of hydrogen-bond acceptors (Lipinski definition) is 2. The van der Waals surface area contributed by atoms with E-state index in [4.69, 9.17) is 0 Å². The Kier molecular flexibility index (Phi) is 7.53. The standard InChI is InChI=1S/C9H8S2.2C2H6/c1-6-4-7-2-3-8(10)5-9(7)11-6;2*1-2/h2-5,10H,1H3;2*1-2H3. The SMILES string of the molecule is CC.CC.Cc1cc2ccc(S)cc2s1. The van der Waals surface area contributed by atoms with Gasteiger partial charge in [-0.25, -0.2) is 0 Å². The van der Waals surface area contributed by atoms with Crippen LogP contribution in [-0.2, 0) is 0 Å². The maximum absolute atomic E-state index is 4.28. The Hall–Kier alpha value is -0.470. The first-order valence-corrected chi connectivity index (χ1v) is 6.71. The van der Waals surface area contributed by atoms with Gasteiger partial charge in [0, 0.05) is 14.5 Å². The van der Waals surface area contributed by atoms with E-state index in [9.17, 15) is 0 Å². The van der Waals surface area contributed by atoms with Crippen LogP contribution in [0.3, 0.4) is 0 Å². The summed E-state index contributed by atoms with van der Waals surface area (Å²) in [5, 5.41) is 1.32. The molecule has 2 aromatic rings. The number of rotatable bonds is 0.